The Morgan fingerprint density at radius 3 is 1.28 bits per heavy atom. The van der Waals surface area contributed by atoms with Crippen molar-refractivity contribution in [2.75, 3.05) is 13.2 Å². The summed E-state index contributed by atoms with van der Waals surface area (Å²) in [5.41, 5.74) is 0. The molecule has 0 bridgehead atoms. The standard InChI is InChI=1S/C62H109NO8/c1-3-5-7-9-11-13-15-17-19-21-23-25-27-28-30-32-34-36-38-40-42-44-46-48-50-52-58(66)63-55(54-70-62-61(69)60(68)59(67)57(53-64)71-62)56(65)51-49-47-45-43-41-39-37-35-33-31-29-26-24-22-20-18-16-14-12-10-8-6-4-2/h5,7,11,13,17,19,23,25,28,30,34,36,40,42,55-57,59-62,64-65,67-69H,3-4,6,8-10,12,14-16,18,20-22,24,26-27,29,31-33,35,37-39,41,43-54H2,1-2H3,(H,63,66)/b7-5-,13-11-,19-17-,25-23-,30-28-,36-34-,42-40-. The van der Waals surface area contributed by atoms with Crippen LogP contribution in [-0.4, -0.2) is 87.5 Å². The first kappa shape index (κ1) is 66.4. The fourth-order valence-corrected chi connectivity index (χ4v) is 8.91. The van der Waals surface area contributed by atoms with Crippen molar-refractivity contribution in [1.29, 1.82) is 0 Å². The van der Waals surface area contributed by atoms with Gasteiger partial charge in [0.05, 0.1) is 25.4 Å². The van der Waals surface area contributed by atoms with E-state index in [-0.39, 0.29) is 12.5 Å². The van der Waals surface area contributed by atoms with E-state index in [1.807, 2.05) is 0 Å². The Balaban J connectivity index is 2.26. The molecule has 1 aliphatic rings. The number of amides is 1. The molecule has 0 aromatic carbocycles. The Morgan fingerprint density at radius 1 is 0.493 bits per heavy atom. The quantitative estimate of drug-likeness (QED) is 0.0261. The van der Waals surface area contributed by atoms with Crippen LogP contribution >= 0.6 is 0 Å². The number of nitrogens with one attached hydrogen (secondary N) is 1. The predicted molar refractivity (Wildman–Crippen MR) is 299 cm³/mol. The molecule has 0 aromatic rings. The van der Waals surface area contributed by atoms with Gasteiger partial charge >= 0.3 is 0 Å². The fraction of sp³-hybridized carbons (Fsp3) is 0.758. The molecular weight excluding hydrogens is 887 g/mol. The monoisotopic (exact) mass is 996 g/mol. The number of hydrogen-bond donors (Lipinski definition) is 6. The number of unbranched alkanes of at least 4 members (excludes halogenated alkanes) is 25. The molecule has 0 saturated carbocycles. The molecule has 9 heteroatoms. The summed E-state index contributed by atoms with van der Waals surface area (Å²) in [5, 5.41) is 54.7. The van der Waals surface area contributed by atoms with E-state index in [4.69, 9.17) is 9.47 Å². The summed E-state index contributed by atoms with van der Waals surface area (Å²) in [6, 6.07) is -0.744. The summed E-state index contributed by atoms with van der Waals surface area (Å²) in [6.45, 7) is 3.72. The Kier molecular flexibility index (Phi) is 47.6. The highest BCUT2D eigenvalue weighted by Gasteiger charge is 2.44. The van der Waals surface area contributed by atoms with Crippen molar-refractivity contribution in [3.05, 3.63) is 85.1 Å². The van der Waals surface area contributed by atoms with Crippen molar-refractivity contribution in [3.8, 4) is 0 Å². The molecule has 1 heterocycles. The first-order valence-electron chi connectivity index (χ1n) is 29.3. The number of allylic oxidation sites excluding steroid dienone is 14. The number of carbonyl (C=O) groups is 1. The SMILES string of the molecule is CC/C=C\C/C=C\C/C=C\C/C=C\C/C=C\C/C=C\C/C=C\CCCCCC(=O)NC(COC1OC(CO)C(O)C(O)C1O)C(O)CCCCCCCCCCCCCCCCCCCCCCCCC. The second kappa shape index (κ2) is 50.9. The molecule has 1 aliphatic heterocycles. The van der Waals surface area contributed by atoms with Gasteiger partial charge in [-0.2, -0.15) is 0 Å². The van der Waals surface area contributed by atoms with E-state index in [9.17, 15) is 30.3 Å². The minimum atomic E-state index is -1.57. The van der Waals surface area contributed by atoms with E-state index in [2.05, 4.69) is 104 Å². The normalized spacial score (nSPS) is 19.9. The highest BCUT2D eigenvalue weighted by molar-refractivity contribution is 5.76. The second-order valence-electron chi connectivity index (χ2n) is 20.1. The fourth-order valence-electron chi connectivity index (χ4n) is 8.91. The Hall–Kier alpha value is -2.63. The third-order valence-electron chi connectivity index (χ3n) is 13.5. The average Bonchev–Trinajstić information content (AvgIpc) is 3.37. The molecule has 6 N–H and O–H groups in total. The van der Waals surface area contributed by atoms with Crippen molar-refractivity contribution in [3.63, 3.8) is 0 Å². The van der Waals surface area contributed by atoms with Gasteiger partial charge in [0.2, 0.25) is 5.91 Å². The van der Waals surface area contributed by atoms with Crippen LogP contribution in [0.25, 0.3) is 0 Å². The molecule has 0 spiro atoms. The molecule has 1 fully saturated rings. The molecule has 1 rings (SSSR count). The van der Waals surface area contributed by atoms with E-state index in [1.54, 1.807) is 0 Å². The maximum atomic E-state index is 13.1. The van der Waals surface area contributed by atoms with Gasteiger partial charge in [-0.25, -0.2) is 0 Å². The zero-order chi connectivity index (χ0) is 51.5. The summed E-state index contributed by atoms with van der Waals surface area (Å²) in [5.74, 6) is -0.177. The van der Waals surface area contributed by atoms with Gasteiger partial charge in [0.25, 0.3) is 0 Å². The minimum absolute atomic E-state index is 0.156. The van der Waals surface area contributed by atoms with E-state index in [0.717, 1.165) is 89.9 Å². The van der Waals surface area contributed by atoms with Crippen LogP contribution in [-0.2, 0) is 14.3 Å². The number of ether oxygens (including phenoxy) is 2. The Morgan fingerprint density at radius 2 is 0.873 bits per heavy atom. The molecule has 410 valence electrons. The summed E-state index contributed by atoms with van der Waals surface area (Å²) < 4.78 is 11.3. The van der Waals surface area contributed by atoms with Gasteiger partial charge < -0.3 is 40.3 Å². The van der Waals surface area contributed by atoms with Gasteiger partial charge in [-0.05, 0) is 70.6 Å². The lowest BCUT2D eigenvalue weighted by atomic mass is 9.99. The van der Waals surface area contributed by atoms with Crippen LogP contribution in [0.15, 0.2) is 85.1 Å². The first-order chi connectivity index (χ1) is 34.8. The van der Waals surface area contributed by atoms with Gasteiger partial charge in [-0.15, -0.1) is 0 Å². The van der Waals surface area contributed by atoms with Gasteiger partial charge in [0.1, 0.15) is 24.4 Å². The largest absolute Gasteiger partial charge is 0.394 e. The molecule has 0 radical (unpaired) electrons. The molecule has 9 nitrogen and oxygen atoms in total. The zero-order valence-corrected chi connectivity index (χ0v) is 45.5. The van der Waals surface area contributed by atoms with Crippen molar-refractivity contribution >= 4 is 5.91 Å². The average molecular weight is 997 g/mol. The van der Waals surface area contributed by atoms with Crippen LogP contribution in [0, 0.1) is 0 Å². The van der Waals surface area contributed by atoms with Crippen LogP contribution in [0.5, 0.6) is 0 Å². The van der Waals surface area contributed by atoms with Crippen molar-refractivity contribution in [2.45, 2.75) is 288 Å². The predicted octanol–water partition coefficient (Wildman–Crippen LogP) is 14.6. The highest BCUT2D eigenvalue weighted by Crippen LogP contribution is 2.23. The van der Waals surface area contributed by atoms with Crippen LogP contribution in [0.3, 0.4) is 0 Å². The van der Waals surface area contributed by atoms with Crippen LogP contribution < -0.4 is 5.32 Å². The van der Waals surface area contributed by atoms with Gasteiger partial charge in [0, 0.05) is 6.42 Å². The van der Waals surface area contributed by atoms with Crippen LogP contribution in [0.2, 0.25) is 0 Å². The summed E-state index contributed by atoms with van der Waals surface area (Å²) in [4.78, 5) is 13.1. The number of carbonyl (C=O) groups excluding carboxylic acids is 1. The molecule has 71 heavy (non-hydrogen) atoms. The Labute approximate surface area is 435 Å². The van der Waals surface area contributed by atoms with Crippen molar-refractivity contribution in [2.24, 2.45) is 0 Å². The highest BCUT2D eigenvalue weighted by atomic mass is 16.7. The maximum absolute atomic E-state index is 13.1. The third kappa shape index (κ3) is 40.4. The van der Waals surface area contributed by atoms with E-state index in [1.165, 1.54) is 128 Å². The molecule has 7 unspecified atom stereocenters. The lowest BCUT2D eigenvalue weighted by Crippen LogP contribution is -2.60. The maximum Gasteiger partial charge on any atom is 0.220 e. The topological polar surface area (TPSA) is 149 Å². The Bertz CT molecular complexity index is 1390. The number of hydrogen-bond acceptors (Lipinski definition) is 8. The first-order valence-corrected chi connectivity index (χ1v) is 29.3. The third-order valence-corrected chi connectivity index (χ3v) is 13.5. The number of aliphatic hydroxyl groups excluding tert-OH is 5. The lowest BCUT2D eigenvalue weighted by molar-refractivity contribution is -0.302. The second-order valence-corrected chi connectivity index (χ2v) is 20.1. The van der Waals surface area contributed by atoms with Crippen molar-refractivity contribution < 1.29 is 39.8 Å². The molecule has 0 aromatic heterocycles. The molecule has 1 amide bonds. The molecular formula is C62H109NO8. The smallest absolute Gasteiger partial charge is 0.220 e. The molecule has 0 aliphatic carbocycles. The van der Waals surface area contributed by atoms with Crippen LogP contribution in [0.1, 0.15) is 245 Å². The van der Waals surface area contributed by atoms with Gasteiger partial charge in [-0.3, -0.25) is 4.79 Å². The number of aliphatic hydroxyl groups is 5. The van der Waals surface area contributed by atoms with E-state index >= 15 is 0 Å². The molecule has 1 saturated heterocycles. The van der Waals surface area contributed by atoms with Crippen LogP contribution in [0.4, 0.5) is 0 Å². The summed E-state index contributed by atoms with van der Waals surface area (Å²) in [6.07, 6.45) is 64.6. The minimum Gasteiger partial charge on any atom is -0.394 e. The summed E-state index contributed by atoms with van der Waals surface area (Å²) in [7, 11) is 0. The van der Waals surface area contributed by atoms with E-state index in [0.29, 0.717) is 12.8 Å². The van der Waals surface area contributed by atoms with Crippen molar-refractivity contribution in [1.82, 2.24) is 5.32 Å². The number of rotatable bonds is 49. The lowest BCUT2D eigenvalue weighted by Gasteiger charge is -2.40. The zero-order valence-electron chi connectivity index (χ0n) is 45.5. The van der Waals surface area contributed by atoms with Gasteiger partial charge in [0.15, 0.2) is 6.29 Å². The van der Waals surface area contributed by atoms with Gasteiger partial charge in [-0.1, -0.05) is 253 Å². The van der Waals surface area contributed by atoms with E-state index < -0.39 is 49.5 Å². The summed E-state index contributed by atoms with van der Waals surface area (Å²) >= 11 is 0. The molecule has 7 atom stereocenters.